The fourth-order valence-corrected chi connectivity index (χ4v) is 3.44. The van der Waals surface area contributed by atoms with Crippen LogP contribution in [0, 0.1) is 0 Å². The van der Waals surface area contributed by atoms with E-state index in [2.05, 4.69) is 20.1 Å². The van der Waals surface area contributed by atoms with Crippen molar-refractivity contribution in [1.29, 1.82) is 0 Å². The molecule has 0 atom stereocenters. The lowest BCUT2D eigenvalue weighted by atomic mass is 10.2. The van der Waals surface area contributed by atoms with Crippen LogP contribution in [0.5, 0.6) is 0 Å². The Balaban J connectivity index is 1.36. The second-order valence-corrected chi connectivity index (χ2v) is 7.46. The van der Waals surface area contributed by atoms with E-state index in [9.17, 15) is 13.2 Å². The van der Waals surface area contributed by atoms with E-state index in [0.717, 1.165) is 30.8 Å². The number of hydrogen-bond donors (Lipinski definition) is 0. The molecule has 1 fully saturated rings. The molecule has 2 aromatic heterocycles. The van der Waals surface area contributed by atoms with Gasteiger partial charge in [0, 0.05) is 43.0 Å². The van der Waals surface area contributed by atoms with Crippen molar-refractivity contribution in [2.45, 2.75) is 19.1 Å². The van der Waals surface area contributed by atoms with E-state index in [1.165, 1.54) is 6.07 Å². The van der Waals surface area contributed by atoms with Crippen molar-refractivity contribution in [3.05, 3.63) is 59.1 Å². The number of nitrogens with zero attached hydrogens (tertiary/aromatic N) is 5. The van der Waals surface area contributed by atoms with Crippen LogP contribution in [0.3, 0.4) is 0 Å². The largest absolute Gasteiger partial charge is 0.419 e. The van der Waals surface area contributed by atoms with E-state index >= 15 is 0 Å². The van der Waals surface area contributed by atoms with Gasteiger partial charge in [-0.3, -0.25) is 4.90 Å². The molecular weight excluding hydrogens is 419 g/mol. The Labute approximate surface area is 176 Å². The Morgan fingerprint density at radius 2 is 1.77 bits per heavy atom. The maximum Gasteiger partial charge on any atom is 0.417 e. The van der Waals surface area contributed by atoms with Crippen LogP contribution in [-0.2, 0) is 12.7 Å². The standard InChI is InChI=1S/C20H19ClF3N5O/c21-16-5-2-14(3-6-16)19-27-26-18(30-19)13-28-8-1-9-29(11-10-28)17-7-4-15(12-25-17)20(22,23)24/h2-7,12H,1,8-11,13H2. The van der Waals surface area contributed by atoms with E-state index in [4.69, 9.17) is 16.0 Å². The van der Waals surface area contributed by atoms with Crippen molar-refractivity contribution < 1.29 is 17.6 Å². The molecule has 1 aliphatic rings. The van der Waals surface area contributed by atoms with Crippen LogP contribution < -0.4 is 4.90 Å². The third kappa shape index (κ3) is 4.91. The van der Waals surface area contributed by atoms with Crippen LogP contribution in [0.2, 0.25) is 5.02 Å². The predicted octanol–water partition coefficient (Wildman–Crippen LogP) is 4.52. The van der Waals surface area contributed by atoms with Crippen LogP contribution in [0.1, 0.15) is 17.9 Å². The summed E-state index contributed by atoms with van der Waals surface area (Å²) >= 11 is 5.90. The van der Waals surface area contributed by atoms with Crippen molar-refractivity contribution in [3.63, 3.8) is 0 Å². The second kappa shape index (κ2) is 8.61. The maximum absolute atomic E-state index is 12.7. The van der Waals surface area contributed by atoms with Crippen LogP contribution in [-0.4, -0.2) is 46.3 Å². The van der Waals surface area contributed by atoms with Crippen molar-refractivity contribution >= 4 is 17.4 Å². The first kappa shape index (κ1) is 20.6. The molecule has 6 nitrogen and oxygen atoms in total. The van der Waals surface area contributed by atoms with Crippen molar-refractivity contribution in [2.75, 3.05) is 31.1 Å². The summed E-state index contributed by atoms with van der Waals surface area (Å²) in [4.78, 5) is 8.18. The van der Waals surface area contributed by atoms with Crippen molar-refractivity contribution in [3.8, 4) is 11.5 Å². The van der Waals surface area contributed by atoms with E-state index in [0.29, 0.717) is 48.8 Å². The van der Waals surface area contributed by atoms with Crippen LogP contribution in [0.25, 0.3) is 11.5 Å². The van der Waals surface area contributed by atoms with Gasteiger partial charge in [0.15, 0.2) is 0 Å². The molecule has 0 radical (unpaired) electrons. The molecule has 1 saturated heterocycles. The zero-order valence-corrected chi connectivity index (χ0v) is 16.7. The third-order valence-electron chi connectivity index (χ3n) is 4.90. The smallest absolute Gasteiger partial charge is 0.417 e. The molecule has 1 aliphatic heterocycles. The third-order valence-corrected chi connectivity index (χ3v) is 5.16. The van der Waals surface area contributed by atoms with Gasteiger partial charge < -0.3 is 9.32 Å². The second-order valence-electron chi connectivity index (χ2n) is 7.03. The fourth-order valence-electron chi connectivity index (χ4n) is 3.32. The number of halogens is 4. The molecule has 3 heterocycles. The number of rotatable bonds is 4. The van der Waals surface area contributed by atoms with Gasteiger partial charge in [-0.15, -0.1) is 10.2 Å². The van der Waals surface area contributed by atoms with E-state index < -0.39 is 11.7 Å². The predicted molar refractivity (Wildman–Crippen MR) is 106 cm³/mol. The molecule has 0 spiro atoms. The number of aromatic nitrogens is 3. The minimum Gasteiger partial charge on any atom is -0.419 e. The lowest BCUT2D eigenvalue weighted by Crippen LogP contribution is -2.31. The van der Waals surface area contributed by atoms with Crippen molar-refractivity contribution in [2.24, 2.45) is 0 Å². The Hall–Kier alpha value is -2.65. The lowest BCUT2D eigenvalue weighted by molar-refractivity contribution is -0.137. The molecule has 0 bridgehead atoms. The van der Waals surface area contributed by atoms with Gasteiger partial charge in [0.05, 0.1) is 12.1 Å². The molecule has 10 heteroatoms. The molecule has 3 aromatic rings. The Morgan fingerprint density at radius 3 is 2.47 bits per heavy atom. The first-order valence-corrected chi connectivity index (χ1v) is 9.85. The van der Waals surface area contributed by atoms with Gasteiger partial charge in [-0.25, -0.2) is 4.98 Å². The Kier molecular flexibility index (Phi) is 5.92. The summed E-state index contributed by atoms with van der Waals surface area (Å²) in [6.45, 7) is 3.40. The topological polar surface area (TPSA) is 58.3 Å². The number of benzene rings is 1. The van der Waals surface area contributed by atoms with Crippen LogP contribution in [0.15, 0.2) is 47.0 Å². The highest BCUT2D eigenvalue weighted by atomic mass is 35.5. The number of pyridine rings is 1. The fraction of sp³-hybridized carbons (Fsp3) is 0.350. The molecule has 0 N–H and O–H groups in total. The molecule has 0 unspecified atom stereocenters. The lowest BCUT2D eigenvalue weighted by Gasteiger charge is -2.22. The highest BCUT2D eigenvalue weighted by molar-refractivity contribution is 6.30. The molecule has 0 amide bonds. The average Bonchev–Trinajstić information content (AvgIpc) is 3.06. The zero-order chi connectivity index (χ0) is 21.1. The summed E-state index contributed by atoms with van der Waals surface area (Å²) in [5.41, 5.74) is 0.0594. The number of alkyl halides is 3. The highest BCUT2D eigenvalue weighted by Gasteiger charge is 2.31. The zero-order valence-electron chi connectivity index (χ0n) is 15.9. The van der Waals surface area contributed by atoms with Gasteiger partial charge in [-0.2, -0.15) is 13.2 Å². The SMILES string of the molecule is FC(F)(F)c1ccc(N2CCCN(Cc3nnc(-c4ccc(Cl)cc4)o3)CC2)nc1. The Bertz CT molecular complexity index is 975. The van der Waals surface area contributed by atoms with Gasteiger partial charge in [0.25, 0.3) is 0 Å². The molecule has 4 rings (SSSR count). The minimum atomic E-state index is -4.38. The van der Waals surface area contributed by atoms with Gasteiger partial charge in [-0.1, -0.05) is 11.6 Å². The number of hydrogen-bond acceptors (Lipinski definition) is 6. The normalized spacial score (nSPS) is 15.9. The van der Waals surface area contributed by atoms with Gasteiger partial charge >= 0.3 is 6.18 Å². The van der Waals surface area contributed by atoms with E-state index in [1.807, 2.05) is 17.0 Å². The molecule has 0 aliphatic carbocycles. The molecular formula is C20H19ClF3N5O. The monoisotopic (exact) mass is 437 g/mol. The molecule has 0 saturated carbocycles. The Morgan fingerprint density at radius 1 is 0.967 bits per heavy atom. The molecule has 1 aromatic carbocycles. The summed E-state index contributed by atoms with van der Waals surface area (Å²) in [6.07, 6.45) is -2.65. The maximum atomic E-state index is 12.7. The first-order valence-electron chi connectivity index (χ1n) is 9.47. The summed E-state index contributed by atoms with van der Waals surface area (Å²) < 4.78 is 44.0. The van der Waals surface area contributed by atoms with Gasteiger partial charge in [0.2, 0.25) is 11.8 Å². The van der Waals surface area contributed by atoms with E-state index in [1.54, 1.807) is 12.1 Å². The van der Waals surface area contributed by atoms with Crippen LogP contribution >= 0.6 is 11.6 Å². The summed E-state index contributed by atoms with van der Waals surface area (Å²) in [7, 11) is 0. The summed E-state index contributed by atoms with van der Waals surface area (Å²) in [5, 5.41) is 8.86. The highest BCUT2D eigenvalue weighted by Crippen LogP contribution is 2.29. The van der Waals surface area contributed by atoms with Crippen LogP contribution in [0.4, 0.5) is 19.0 Å². The first-order chi connectivity index (χ1) is 14.4. The van der Waals surface area contributed by atoms with E-state index in [-0.39, 0.29) is 0 Å². The number of anilines is 1. The van der Waals surface area contributed by atoms with Gasteiger partial charge in [0.1, 0.15) is 5.82 Å². The van der Waals surface area contributed by atoms with Gasteiger partial charge in [-0.05, 0) is 42.8 Å². The molecule has 158 valence electrons. The quantitative estimate of drug-likeness (QED) is 0.598. The van der Waals surface area contributed by atoms with Crippen molar-refractivity contribution in [1.82, 2.24) is 20.1 Å². The summed E-state index contributed by atoms with van der Waals surface area (Å²) in [6, 6.07) is 9.66. The average molecular weight is 438 g/mol. The summed E-state index contributed by atoms with van der Waals surface area (Å²) in [5.74, 6) is 1.50. The molecule has 30 heavy (non-hydrogen) atoms. The minimum absolute atomic E-state index is 0.437.